The van der Waals surface area contributed by atoms with Crippen LogP contribution in [0.15, 0.2) is 59.3 Å². The van der Waals surface area contributed by atoms with Gasteiger partial charge in [-0.2, -0.15) is 0 Å². The Morgan fingerprint density at radius 3 is 2.35 bits per heavy atom. The Morgan fingerprint density at radius 2 is 1.65 bits per heavy atom. The van der Waals surface area contributed by atoms with Crippen molar-refractivity contribution in [1.29, 1.82) is 0 Å². The van der Waals surface area contributed by atoms with E-state index in [1.165, 1.54) is 11.1 Å². The summed E-state index contributed by atoms with van der Waals surface area (Å²) < 4.78 is 5.05. The zero-order chi connectivity index (χ0) is 15.8. The molecule has 0 saturated carbocycles. The summed E-state index contributed by atoms with van der Waals surface area (Å²) in [6.45, 7) is 4.31. The maximum Gasteiger partial charge on any atom is 0.143 e. The first-order valence-electron chi connectivity index (χ1n) is 7.93. The van der Waals surface area contributed by atoms with Crippen LogP contribution >= 0.6 is 0 Å². The van der Waals surface area contributed by atoms with Crippen LogP contribution in [0.4, 0.5) is 0 Å². The minimum absolute atomic E-state index is 0.594. The monoisotopic (exact) mass is 302 g/mol. The smallest absolute Gasteiger partial charge is 0.143 e. The van der Waals surface area contributed by atoms with Gasteiger partial charge >= 0.3 is 0 Å². The molecular weight excluding hydrogens is 284 g/mol. The molecule has 0 aliphatic heterocycles. The van der Waals surface area contributed by atoms with Gasteiger partial charge in [0.15, 0.2) is 0 Å². The number of fused-ring (bicyclic) bond motifs is 1. The van der Waals surface area contributed by atoms with Gasteiger partial charge in [-0.25, -0.2) is 4.63 Å². The third kappa shape index (κ3) is 2.48. The van der Waals surface area contributed by atoms with Crippen molar-refractivity contribution in [3.05, 3.63) is 65.8 Å². The second kappa shape index (κ2) is 5.51. The molecule has 0 radical (unpaired) electrons. The molecule has 0 saturated heterocycles. The molecule has 1 aliphatic rings. The molecule has 0 spiro atoms. The molecule has 1 atom stereocenters. The topological polar surface area (TPSA) is 38.9 Å². The summed E-state index contributed by atoms with van der Waals surface area (Å²) in [6.07, 6.45) is 7.73. The van der Waals surface area contributed by atoms with Crippen LogP contribution in [0.3, 0.4) is 0 Å². The first kappa shape index (κ1) is 13.9. The molecule has 0 bridgehead atoms. The van der Waals surface area contributed by atoms with Crippen LogP contribution in [0, 0.1) is 12.8 Å². The van der Waals surface area contributed by atoms with Crippen LogP contribution in [0.2, 0.25) is 0 Å². The predicted octanol–water partition coefficient (Wildman–Crippen LogP) is 5.18. The summed E-state index contributed by atoms with van der Waals surface area (Å²) in [6, 6.07) is 12.7. The van der Waals surface area contributed by atoms with Crippen LogP contribution in [-0.2, 0) is 0 Å². The third-order valence-corrected chi connectivity index (χ3v) is 4.40. The Kier molecular flexibility index (Phi) is 3.34. The summed E-state index contributed by atoms with van der Waals surface area (Å²) in [5.74, 6) is 0.594. The van der Waals surface area contributed by atoms with E-state index >= 15 is 0 Å². The number of rotatable bonds is 2. The van der Waals surface area contributed by atoms with E-state index in [-0.39, 0.29) is 0 Å². The SMILES string of the molecule is Cc1ccc(-c2ccc(C3=CCC(C)C=C3)c3nonc23)cc1. The van der Waals surface area contributed by atoms with Gasteiger partial charge in [0.05, 0.1) is 0 Å². The zero-order valence-corrected chi connectivity index (χ0v) is 13.3. The Labute approximate surface area is 135 Å². The van der Waals surface area contributed by atoms with Crippen molar-refractivity contribution in [1.82, 2.24) is 10.3 Å². The second-order valence-electron chi connectivity index (χ2n) is 6.22. The maximum absolute atomic E-state index is 5.05. The first-order chi connectivity index (χ1) is 11.2. The van der Waals surface area contributed by atoms with Gasteiger partial charge in [-0.1, -0.05) is 67.1 Å². The molecule has 23 heavy (non-hydrogen) atoms. The number of benzene rings is 2. The van der Waals surface area contributed by atoms with E-state index in [4.69, 9.17) is 4.63 Å². The summed E-state index contributed by atoms with van der Waals surface area (Å²) in [5, 5.41) is 8.31. The molecule has 0 fully saturated rings. The molecule has 1 aromatic heterocycles. The molecule has 1 aliphatic carbocycles. The third-order valence-electron chi connectivity index (χ3n) is 4.40. The maximum atomic E-state index is 5.05. The predicted molar refractivity (Wildman–Crippen MR) is 92.9 cm³/mol. The largest absolute Gasteiger partial charge is 0.243 e. The van der Waals surface area contributed by atoms with Crippen molar-refractivity contribution in [2.45, 2.75) is 20.3 Å². The van der Waals surface area contributed by atoms with Crippen LogP contribution in [0.5, 0.6) is 0 Å². The second-order valence-corrected chi connectivity index (χ2v) is 6.22. The molecule has 3 aromatic rings. The normalized spacial score (nSPS) is 17.5. The highest BCUT2D eigenvalue weighted by molar-refractivity contribution is 5.99. The zero-order valence-electron chi connectivity index (χ0n) is 13.3. The van der Waals surface area contributed by atoms with Crippen molar-refractivity contribution in [3.63, 3.8) is 0 Å². The van der Waals surface area contributed by atoms with Crippen molar-refractivity contribution in [2.75, 3.05) is 0 Å². The number of nitrogens with zero attached hydrogens (tertiary/aromatic N) is 2. The van der Waals surface area contributed by atoms with Gasteiger partial charge < -0.3 is 0 Å². The van der Waals surface area contributed by atoms with Crippen molar-refractivity contribution in [2.24, 2.45) is 5.92 Å². The fraction of sp³-hybridized carbons (Fsp3) is 0.200. The Morgan fingerprint density at radius 1 is 0.957 bits per heavy atom. The molecule has 0 N–H and O–H groups in total. The van der Waals surface area contributed by atoms with E-state index in [1.807, 2.05) is 0 Å². The van der Waals surface area contributed by atoms with Gasteiger partial charge in [0, 0.05) is 11.1 Å². The lowest BCUT2D eigenvalue weighted by Gasteiger charge is -2.12. The fourth-order valence-corrected chi connectivity index (χ4v) is 2.99. The standard InChI is InChI=1S/C20H18N2O/c1-13-3-7-15(8-4-13)17-11-12-18(20-19(17)21-23-22-20)16-9-5-14(2)6-10-16/h3-5,7-12,14H,6H2,1-2H3. The minimum Gasteiger partial charge on any atom is -0.243 e. The molecule has 2 aromatic carbocycles. The highest BCUT2D eigenvalue weighted by Gasteiger charge is 2.16. The van der Waals surface area contributed by atoms with E-state index in [1.54, 1.807) is 0 Å². The van der Waals surface area contributed by atoms with Gasteiger partial charge in [-0.05, 0) is 40.7 Å². The highest BCUT2D eigenvalue weighted by atomic mass is 16.6. The molecule has 114 valence electrons. The van der Waals surface area contributed by atoms with Gasteiger partial charge in [-0.3, -0.25) is 0 Å². The van der Waals surface area contributed by atoms with E-state index in [9.17, 15) is 0 Å². The summed E-state index contributed by atoms with van der Waals surface area (Å²) in [5.41, 5.74) is 7.35. The van der Waals surface area contributed by atoms with Crippen LogP contribution < -0.4 is 0 Å². The van der Waals surface area contributed by atoms with Crippen LogP contribution in [0.25, 0.3) is 27.7 Å². The van der Waals surface area contributed by atoms with Crippen molar-refractivity contribution in [3.8, 4) is 11.1 Å². The number of hydrogen-bond donors (Lipinski definition) is 0. The molecule has 1 unspecified atom stereocenters. The molecular formula is C20H18N2O. The Hall–Kier alpha value is -2.68. The summed E-state index contributed by atoms with van der Waals surface area (Å²) in [4.78, 5) is 0. The van der Waals surface area contributed by atoms with Crippen molar-refractivity contribution < 1.29 is 4.63 Å². The average Bonchev–Trinajstić information content (AvgIpc) is 3.05. The Balaban J connectivity index is 1.85. The highest BCUT2D eigenvalue weighted by Crippen LogP contribution is 2.33. The Bertz CT molecular complexity index is 916. The lowest BCUT2D eigenvalue weighted by atomic mass is 9.92. The summed E-state index contributed by atoms with van der Waals surface area (Å²) >= 11 is 0. The minimum atomic E-state index is 0.594. The molecule has 4 rings (SSSR count). The molecule has 0 amide bonds. The number of hydrogen-bond acceptors (Lipinski definition) is 3. The number of aromatic nitrogens is 2. The fourth-order valence-electron chi connectivity index (χ4n) is 2.99. The van der Waals surface area contributed by atoms with Gasteiger partial charge in [-0.15, -0.1) is 0 Å². The van der Waals surface area contributed by atoms with Crippen LogP contribution in [-0.4, -0.2) is 10.3 Å². The lowest BCUT2D eigenvalue weighted by Crippen LogP contribution is -1.95. The lowest BCUT2D eigenvalue weighted by molar-refractivity contribution is 0.315. The first-order valence-corrected chi connectivity index (χ1v) is 7.93. The van der Waals surface area contributed by atoms with Crippen LogP contribution in [0.1, 0.15) is 24.5 Å². The average molecular weight is 302 g/mol. The van der Waals surface area contributed by atoms with Gasteiger partial charge in [0.25, 0.3) is 0 Å². The molecule has 3 nitrogen and oxygen atoms in total. The summed E-state index contributed by atoms with van der Waals surface area (Å²) in [7, 11) is 0. The van der Waals surface area contributed by atoms with E-state index in [2.05, 4.69) is 78.8 Å². The van der Waals surface area contributed by atoms with Gasteiger partial charge in [0.1, 0.15) is 11.0 Å². The van der Waals surface area contributed by atoms with E-state index in [0.717, 1.165) is 34.1 Å². The van der Waals surface area contributed by atoms with E-state index in [0.29, 0.717) is 5.92 Å². The number of allylic oxidation sites excluding steroid dienone is 4. The number of aryl methyl sites for hydroxylation is 1. The van der Waals surface area contributed by atoms with Crippen molar-refractivity contribution >= 4 is 16.6 Å². The molecule has 1 heterocycles. The van der Waals surface area contributed by atoms with Gasteiger partial charge in [0.2, 0.25) is 0 Å². The molecule has 3 heteroatoms. The van der Waals surface area contributed by atoms with E-state index < -0.39 is 0 Å². The quantitative estimate of drug-likeness (QED) is 0.655.